The van der Waals surface area contributed by atoms with Gasteiger partial charge in [-0.15, -0.1) is 11.3 Å². The van der Waals surface area contributed by atoms with E-state index in [4.69, 9.17) is 28.2 Å². The lowest BCUT2D eigenvalue weighted by Gasteiger charge is -2.08. The molecule has 2 aromatic heterocycles. The van der Waals surface area contributed by atoms with Crippen molar-refractivity contribution in [3.8, 4) is 0 Å². The van der Waals surface area contributed by atoms with E-state index in [9.17, 15) is 9.59 Å². The van der Waals surface area contributed by atoms with Crippen molar-refractivity contribution in [2.45, 2.75) is 0 Å². The molecule has 132 valence electrons. The van der Waals surface area contributed by atoms with Gasteiger partial charge in [-0.2, -0.15) is 0 Å². The summed E-state index contributed by atoms with van der Waals surface area (Å²) in [6.45, 7) is 0. The maximum Gasteiger partial charge on any atom is 0.281 e. The molecule has 2 heterocycles. The third-order valence-corrected chi connectivity index (χ3v) is 5.09. The number of rotatable bonds is 3. The van der Waals surface area contributed by atoms with Gasteiger partial charge in [-0.3, -0.25) is 25.8 Å². The Hall–Kier alpha value is -2.68. The summed E-state index contributed by atoms with van der Waals surface area (Å²) in [5.74, 6) is -0.376. The van der Waals surface area contributed by atoms with E-state index in [1.807, 2.05) is 24.3 Å². The number of thiocarbonyl (C=S) groups is 1. The predicted molar refractivity (Wildman–Crippen MR) is 106 cm³/mol. The molecule has 0 atom stereocenters. The van der Waals surface area contributed by atoms with Crippen molar-refractivity contribution >= 4 is 68.2 Å². The Kier molecular flexibility index (Phi) is 5.67. The fraction of sp³-hybridized carbons (Fsp3) is 0. The Morgan fingerprint density at radius 2 is 1.96 bits per heavy atom. The van der Waals surface area contributed by atoms with Crippen LogP contribution in [0.1, 0.15) is 15.4 Å². The lowest BCUT2D eigenvalue weighted by Crippen LogP contribution is -2.48. The normalized spacial score (nSPS) is 10.8. The molecular formula is C17H12ClN3O3S2. The lowest BCUT2D eigenvalue weighted by atomic mass is 10.2. The van der Waals surface area contributed by atoms with E-state index in [2.05, 4.69) is 16.2 Å². The molecule has 0 bridgehead atoms. The van der Waals surface area contributed by atoms with Gasteiger partial charge in [0.25, 0.3) is 5.91 Å². The van der Waals surface area contributed by atoms with Crippen molar-refractivity contribution in [1.29, 1.82) is 0 Å². The number of benzene rings is 1. The first-order valence-corrected chi connectivity index (χ1v) is 8.95. The molecule has 2 amide bonds. The maximum atomic E-state index is 12.3. The van der Waals surface area contributed by atoms with Crippen molar-refractivity contribution in [2.24, 2.45) is 0 Å². The van der Waals surface area contributed by atoms with Crippen molar-refractivity contribution in [3.63, 3.8) is 0 Å². The molecule has 3 rings (SSSR count). The molecule has 0 fully saturated rings. The number of furan rings is 1. The molecule has 0 radical (unpaired) electrons. The highest BCUT2D eigenvalue weighted by atomic mass is 35.5. The zero-order valence-electron chi connectivity index (χ0n) is 13.1. The molecule has 0 aliphatic heterocycles. The highest BCUT2D eigenvalue weighted by molar-refractivity contribution is 7.80. The van der Waals surface area contributed by atoms with E-state index in [1.54, 1.807) is 12.1 Å². The standard InChI is InChI=1S/C17H12ClN3O3S2/c18-14-11-5-1-2-6-12(11)26-15(14)16(23)20-21-17(25)19-13(22)8-7-10-4-3-9-24-10/h1-9H,(H,20,23)(H2,19,21,22,25). The Morgan fingerprint density at radius 1 is 1.15 bits per heavy atom. The predicted octanol–water partition coefficient (Wildman–Crippen LogP) is 3.50. The number of hydrogen-bond acceptors (Lipinski definition) is 5. The van der Waals surface area contributed by atoms with Gasteiger partial charge in [0, 0.05) is 16.2 Å². The van der Waals surface area contributed by atoms with Gasteiger partial charge < -0.3 is 4.42 Å². The first kappa shape index (κ1) is 18.1. The topological polar surface area (TPSA) is 83.4 Å². The van der Waals surface area contributed by atoms with Crippen LogP contribution >= 0.6 is 35.2 Å². The monoisotopic (exact) mass is 405 g/mol. The highest BCUT2D eigenvalue weighted by Crippen LogP contribution is 2.34. The van der Waals surface area contributed by atoms with Crippen molar-refractivity contribution < 1.29 is 14.0 Å². The minimum Gasteiger partial charge on any atom is -0.465 e. The van der Waals surface area contributed by atoms with Crippen LogP contribution in [0, 0.1) is 0 Å². The Labute approximate surface area is 162 Å². The SMILES string of the molecule is O=C(C=Cc1ccco1)NC(=S)NNC(=O)c1sc2ccccc2c1Cl. The number of amides is 2. The van der Waals surface area contributed by atoms with E-state index in [-0.39, 0.29) is 5.11 Å². The van der Waals surface area contributed by atoms with Gasteiger partial charge in [0.15, 0.2) is 5.11 Å². The average Bonchev–Trinajstić information content (AvgIpc) is 3.26. The van der Waals surface area contributed by atoms with Crippen LogP contribution in [-0.2, 0) is 4.79 Å². The van der Waals surface area contributed by atoms with Crippen molar-refractivity contribution in [3.05, 3.63) is 64.4 Å². The van der Waals surface area contributed by atoms with E-state index in [0.29, 0.717) is 15.7 Å². The summed E-state index contributed by atoms with van der Waals surface area (Å²) in [7, 11) is 0. The van der Waals surface area contributed by atoms with Crippen molar-refractivity contribution in [1.82, 2.24) is 16.2 Å². The number of nitrogens with one attached hydrogen (secondary N) is 3. The summed E-state index contributed by atoms with van der Waals surface area (Å²) in [6, 6.07) is 10.9. The molecule has 0 spiro atoms. The number of carbonyl (C=O) groups is 2. The number of hydrogen-bond donors (Lipinski definition) is 3. The van der Waals surface area contributed by atoms with Crippen LogP contribution in [0.15, 0.2) is 53.2 Å². The number of carbonyl (C=O) groups excluding carboxylic acids is 2. The summed E-state index contributed by atoms with van der Waals surface area (Å²) in [5, 5.41) is 3.53. The summed E-state index contributed by atoms with van der Waals surface area (Å²) in [4.78, 5) is 24.4. The molecule has 0 saturated heterocycles. The zero-order valence-corrected chi connectivity index (χ0v) is 15.5. The van der Waals surface area contributed by atoms with Crippen LogP contribution in [0.2, 0.25) is 5.02 Å². The van der Waals surface area contributed by atoms with Crippen LogP contribution in [0.3, 0.4) is 0 Å². The van der Waals surface area contributed by atoms with Gasteiger partial charge in [0.05, 0.1) is 11.3 Å². The fourth-order valence-corrected chi connectivity index (χ4v) is 3.62. The number of thiophene rings is 1. The summed E-state index contributed by atoms with van der Waals surface area (Å²) >= 11 is 12.5. The molecule has 6 nitrogen and oxygen atoms in total. The minimum absolute atomic E-state index is 0.0512. The molecule has 0 aliphatic carbocycles. The van der Waals surface area contributed by atoms with E-state index in [0.717, 1.165) is 10.1 Å². The largest absolute Gasteiger partial charge is 0.465 e. The zero-order chi connectivity index (χ0) is 18.5. The van der Waals surface area contributed by atoms with Gasteiger partial charge in [0.1, 0.15) is 10.6 Å². The Bertz CT molecular complexity index is 996. The average molecular weight is 406 g/mol. The summed E-state index contributed by atoms with van der Waals surface area (Å²) < 4.78 is 5.97. The molecule has 0 unspecified atom stereocenters. The number of halogens is 1. The van der Waals surface area contributed by atoms with Crippen LogP contribution in [0.5, 0.6) is 0 Å². The highest BCUT2D eigenvalue weighted by Gasteiger charge is 2.17. The quantitative estimate of drug-likeness (QED) is 0.353. The minimum atomic E-state index is -0.465. The fourth-order valence-electron chi connectivity index (χ4n) is 2.06. The first-order valence-electron chi connectivity index (χ1n) is 7.34. The summed E-state index contributed by atoms with van der Waals surface area (Å²) in [6.07, 6.45) is 4.25. The second kappa shape index (κ2) is 8.13. The third-order valence-electron chi connectivity index (χ3n) is 3.21. The number of hydrazine groups is 1. The molecule has 26 heavy (non-hydrogen) atoms. The van der Waals surface area contributed by atoms with Gasteiger partial charge >= 0.3 is 0 Å². The first-order chi connectivity index (χ1) is 12.5. The third kappa shape index (κ3) is 4.29. The molecule has 0 aliphatic rings. The molecule has 9 heteroatoms. The van der Waals surface area contributed by atoms with Crippen LogP contribution < -0.4 is 16.2 Å². The molecule has 1 aromatic carbocycles. The van der Waals surface area contributed by atoms with Crippen LogP contribution in [0.4, 0.5) is 0 Å². The van der Waals surface area contributed by atoms with E-state index in [1.165, 1.54) is 29.8 Å². The van der Waals surface area contributed by atoms with E-state index >= 15 is 0 Å². The lowest BCUT2D eigenvalue weighted by molar-refractivity contribution is -0.115. The summed E-state index contributed by atoms with van der Waals surface area (Å²) in [5.41, 5.74) is 4.88. The van der Waals surface area contributed by atoms with Crippen LogP contribution in [0.25, 0.3) is 16.2 Å². The molecule has 0 saturated carbocycles. The van der Waals surface area contributed by atoms with Gasteiger partial charge in [-0.05, 0) is 36.5 Å². The van der Waals surface area contributed by atoms with Crippen LogP contribution in [-0.4, -0.2) is 16.9 Å². The Morgan fingerprint density at radius 3 is 2.69 bits per heavy atom. The smallest absolute Gasteiger partial charge is 0.281 e. The molecule has 3 N–H and O–H groups in total. The number of fused-ring (bicyclic) bond motifs is 1. The van der Waals surface area contributed by atoms with E-state index < -0.39 is 11.8 Å². The van der Waals surface area contributed by atoms with Gasteiger partial charge in [0.2, 0.25) is 5.91 Å². The maximum absolute atomic E-state index is 12.3. The second-order valence-electron chi connectivity index (χ2n) is 4.99. The molecular weight excluding hydrogens is 394 g/mol. The van der Waals surface area contributed by atoms with Crippen molar-refractivity contribution in [2.75, 3.05) is 0 Å². The Balaban J connectivity index is 1.54. The van der Waals surface area contributed by atoms with Gasteiger partial charge in [-0.1, -0.05) is 29.8 Å². The molecule has 3 aromatic rings. The van der Waals surface area contributed by atoms with Gasteiger partial charge in [-0.25, -0.2) is 0 Å². The second-order valence-corrected chi connectivity index (χ2v) is 6.83.